The van der Waals surface area contributed by atoms with Gasteiger partial charge in [0.1, 0.15) is 17.1 Å². The van der Waals surface area contributed by atoms with E-state index < -0.39 is 47.5 Å². The fourth-order valence-corrected chi connectivity index (χ4v) is 5.23. The van der Waals surface area contributed by atoms with E-state index in [9.17, 15) is 19.5 Å². The largest absolute Gasteiger partial charge is 0.550 e. The highest BCUT2D eigenvalue weighted by molar-refractivity contribution is 5.95. The first-order valence-electron chi connectivity index (χ1n) is 8.42. The molecule has 4 aliphatic heterocycles. The number of amides is 1. The number of aliphatic carboxylic acids is 1. The van der Waals surface area contributed by atoms with Crippen LogP contribution < -0.4 is 5.11 Å². The van der Waals surface area contributed by atoms with Crippen molar-refractivity contribution in [3.05, 3.63) is 36.3 Å². The minimum atomic E-state index is -1.29. The number of hydrogen-bond acceptors (Lipinski definition) is 6. The second kappa shape index (κ2) is 4.60. The maximum atomic E-state index is 13.2. The van der Waals surface area contributed by atoms with E-state index in [-0.39, 0.29) is 18.1 Å². The minimum absolute atomic E-state index is 0.0165. The average molecular weight is 342 g/mol. The third-order valence-corrected chi connectivity index (χ3v) is 6.22. The van der Waals surface area contributed by atoms with Gasteiger partial charge in [-0.05, 0) is 12.1 Å². The Labute approximate surface area is 143 Å². The van der Waals surface area contributed by atoms with Gasteiger partial charge in [0.25, 0.3) is 0 Å². The number of fused-ring (bicyclic) bond motifs is 2. The van der Waals surface area contributed by atoms with Gasteiger partial charge in [-0.25, -0.2) is 0 Å². The Kier molecular flexibility index (Phi) is 2.74. The van der Waals surface area contributed by atoms with Crippen LogP contribution in [0.4, 0.5) is 0 Å². The van der Waals surface area contributed by atoms with Gasteiger partial charge in [0.2, 0.25) is 5.91 Å². The van der Waals surface area contributed by atoms with Gasteiger partial charge in [0, 0.05) is 24.2 Å². The average Bonchev–Trinajstić information content (AvgIpc) is 3.32. The summed E-state index contributed by atoms with van der Waals surface area (Å²) in [5, 5.41) is 11.7. The summed E-state index contributed by atoms with van der Waals surface area (Å²) >= 11 is 0. The molecule has 0 unspecified atom stereocenters. The molecule has 4 aliphatic rings. The lowest BCUT2D eigenvalue weighted by molar-refractivity contribution is -0.313. The summed E-state index contributed by atoms with van der Waals surface area (Å²) in [6.45, 7) is 1.78. The van der Waals surface area contributed by atoms with Crippen molar-refractivity contribution in [1.29, 1.82) is 0 Å². The molecule has 1 spiro atoms. The van der Waals surface area contributed by atoms with Crippen LogP contribution in [0.1, 0.15) is 25.1 Å². The Morgan fingerprint density at radius 2 is 2.20 bits per heavy atom. The van der Waals surface area contributed by atoms with Crippen LogP contribution in [0.2, 0.25) is 0 Å². The molecule has 0 N–H and O–H groups in total. The predicted molar refractivity (Wildman–Crippen MR) is 79.6 cm³/mol. The fraction of sp³-hybridized carbons (Fsp3) is 0.500. The highest BCUT2D eigenvalue weighted by atomic mass is 16.5. The van der Waals surface area contributed by atoms with E-state index in [0.29, 0.717) is 5.76 Å². The number of carbonyl (C=O) groups is 3. The van der Waals surface area contributed by atoms with Crippen molar-refractivity contribution >= 4 is 17.7 Å². The molecule has 130 valence electrons. The molecule has 0 aliphatic carbocycles. The number of carboxylic acid groups (broad SMARTS) is 1. The van der Waals surface area contributed by atoms with Crippen LogP contribution in [0.3, 0.4) is 0 Å². The second-order valence-electron chi connectivity index (χ2n) is 7.30. The number of nitrogens with zero attached hydrogens (tertiary/aromatic N) is 1. The van der Waals surface area contributed by atoms with Crippen molar-refractivity contribution < 1.29 is 28.6 Å². The monoisotopic (exact) mass is 342 g/mol. The zero-order valence-electron chi connectivity index (χ0n) is 13.5. The number of carbonyl (C=O) groups excluding carboxylic acids is 3. The first-order chi connectivity index (χ1) is 12.0. The van der Waals surface area contributed by atoms with Crippen molar-refractivity contribution in [2.24, 2.45) is 17.8 Å². The fourth-order valence-electron chi connectivity index (χ4n) is 5.23. The molecule has 1 amide bonds. The predicted octanol–water partition coefficient (Wildman–Crippen LogP) is -0.170. The number of furan rings is 1. The van der Waals surface area contributed by atoms with E-state index in [4.69, 9.17) is 9.15 Å². The normalized spacial score (nSPS) is 44.3. The van der Waals surface area contributed by atoms with Gasteiger partial charge >= 0.3 is 0 Å². The molecule has 5 heterocycles. The SMILES string of the molecule is C[C@H]1C(=O)C[C@@H](c2ccco2)N2C(=O)[C@H]3[C@@H](C(=O)[O-])[C@H]4C=C[C@@]3(O4)[C@H]12. The van der Waals surface area contributed by atoms with Gasteiger partial charge in [0.15, 0.2) is 0 Å². The van der Waals surface area contributed by atoms with Crippen LogP contribution in [-0.4, -0.2) is 40.3 Å². The highest BCUT2D eigenvalue weighted by Crippen LogP contribution is 2.59. The molecule has 25 heavy (non-hydrogen) atoms. The lowest BCUT2D eigenvalue weighted by atomic mass is 9.71. The van der Waals surface area contributed by atoms with Gasteiger partial charge in [-0.1, -0.05) is 19.1 Å². The second-order valence-corrected chi connectivity index (χ2v) is 7.30. The third-order valence-electron chi connectivity index (χ3n) is 6.22. The summed E-state index contributed by atoms with van der Waals surface area (Å²) in [5.74, 6) is -3.37. The van der Waals surface area contributed by atoms with E-state index >= 15 is 0 Å². The quantitative estimate of drug-likeness (QED) is 0.692. The molecular formula is C18H16NO6-. The van der Waals surface area contributed by atoms with Crippen LogP contribution in [-0.2, 0) is 19.1 Å². The van der Waals surface area contributed by atoms with Crippen LogP contribution in [0.5, 0.6) is 0 Å². The van der Waals surface area contributed by atoms with E-state index in [1.807, 2.05) is 0 Å². The lowest BCUT2D eigenvalue weighted by Crippen LogP contribution is -2.55. The van der Waals surface area contributed by atoms with Crippen molar-refractivity contribution in [2.45, 2.75) is 37.1 Å². The molecule has 7 nitrogen and oxygen atoms in total. The Morgan fingerprint density at radius 3 is 2.88 bits per heavy atom. The molecule has 0 saturated carbocycles. The van der Waals surface area contributed by atoms with Gasteiger partial charge in [-0.15, -0.1) is 0 Å². The minimum Gasteiger partial charge on any atom is -0.550 e. The molecule has 7 atom stereocenters. The van der Waals surface area contributed by atoms with Gasteiger partial charge in [-0.2, -0.15) is 0 Å². The third kappa shape index (κ3) is 1.62. The van der Waals surface area contributed by atoms with Crippen molar-refractivity contribution in [3.8, 4) is 0 Å². The van der Waals surface area contributed by atoms with Gasteiger partial charge in [0.05, 0.1) is 30.4 Å². The zero-order valence-corrected chi connectivity index (χ0v) is 13.5. The van der Waals surface area contributed by atoms with Crippen molar-refractivity contribution in [3.63, 3.8) is 0 Å². The van der Waals surface area contributed by atoms with E-state index in [0.717, 1.165) is 0 Å². The number of rotatable bonds is 2. The summed E-state index contributed by atoms with van der Waals surface area (Å²) in [6, 6.07) is 2.37. The molecule has 5 rings (SSSR count). The molecule has 0 radical (unpaired) electrons. The molecule has 0 aromatic carbocycles. The molecule has 3 fully saturated rings. The summed E-state index contributed by atoms with van der Waals surface area (Å²) in [6.07, 6.45) is 4.44. The number of ketones is 1. The smallest absolute Gasteiger partial charge is 0.230 e. The zero-order chi connectivity index (χ0) is 17.5. The molecule has 3 saturated heterocycles. The van der Waals surface area contributed by atoms with Crippen molar-refractivity contribution in [2.75, 3.05) is 0 Å². The van der Waals surface area contributed by atoms with Gasteiger partial charge in [-0.3, -0.25) is 9.59 Å². The molecule has 1 aromatic rings. The summed E-state index contributed by atoms with van der Waals surface area (Å²) < 4.78 is 11.5. The number of Topliss-reactive ketones (excluding diaryl/α,β-unsaturated/α-hetero) is 1. The van der Waals surface area contributed by atoms with Crippen LogP contribution in [0.15, 0.2) is 35.0 Å². The Balaban J connectivity index is 1.67. The molecular weight excluding hydrogens is 326 g/mol. The van der Waals surface area contributed by atoms with E-state index in [2.05, 4.69) is 0 Å². The van der Waals surface area contributed by atoms with Crippen molar-refractivity contribution in [1.82, 2.24) is 4.90 Å². The molecule has 2 bridgehead atoms. The Bertz CT molecular complexity index is 814. The first kappa shape index (κ1) is 14.9. The Hall–Kier alpha value is -2.41. The number of carboxylic acids is 1. The topological polar surface area (TPSA) is 99.9 Å². The maximum Gasteiger partial charge on any atom is 0.230 e. The summed E-state index contributed by atoms with van der Waals surface area (Å²) in [5.41, 5.74) is -1.08. The number of piperidine rings is 1. The number of hydrogen-bond donors (Lipinski definition) is 0. The van der Waals surface area contributed by atoms with Crippen LogP contribution >= 0.6 is 0 Å². The standard InChI is InChI=1S/C18H17NO6/c1-8-10(20)7-9(11-3-2-6-24-11)19-15(8)18-5-4-12(25-18)13(17(22)23)14(18)16(19)21/h2-6,8-9,12-15H,7H2,1H3,(H,22,23)/p-1/t8-,9-,12+,13-,14+,15-,18-/m0/s1. The Morgan fingerprint density at radius 1 is 1.40 bits per heavy atom. The lowest BCUT2D eigenvalue weighted by Gasteiger charge is -2.43. The molecule has 7 heteroatoms. The number of ether oxygens (including phenoxy) is 1. The van der Waals surface area contributed by atoms with E-state index in [1.165, 1.54) is 6.26 Å². The van der Waals surface area contributed by atoms with E-state index in [1.54, 1.807) is 36.1 Å². The molecule has 1 aromatic heterocycles. The highest BCUT2D eigenvalue weighted by Gasteiger charge is 2.73. The van der Waals surface area contributed by atoms with Crippen LogP contribution in [0, 0.1) is 17.8 Å². The first-order valence-corrected chi connectivity index (χ1v) is 8.42. The van der Waals surface area contributed by atoms with Gasteiger partial charge < -0.3 is 24.0 Å². The summed E-state index contributed by atoms with van der Waals surface area (Å²) in [4.78, 5) is 39.2. The maximum absolute atomic E-state index is 13.2. The summed E-state index contributed by atoms with van der Waals surface area (Å²) in [7, 11) is 0. The van der Waals surface area contributed by atoms with Crippen LogP contribution in [0.25, 0.3) is 0 Å².